The van der Waals surface area contributed by atoms with E-state index in [0.717, 1.165) is 9.17 Å². The number of ether oxygens (including phenoxy) is 1. The van der Waals surface area contributed by atoms with Crippen LogP contribution >= 0.6 is 27.3 Å². The molecule has 0 bridgehead atoms. The zero-order valence-corrected chi connectivity index (χ0v) is 11.2. The van der Waals surface area contributed by atoms with Gasteiger partial charge in [-0.25, -0.2) is 4.68 Å². The Labute approximate surface area is 105 Å². The Bertz CT molecular complexity index is 549. The third-order valence-corrected chi connectivity index (χ3v) is 4.03. The Balaban J connectivity index is 2.36. The summed E-state index contributed by atoms with van der Waals surface area (Å²) in [6.45, 7) is 3.58. The van der Waals surface area contributed by atoms with Crippen LogP contribution in [0.25, 0.3) is 10.1 Å². The standard InChI is InChI=1S/C10H11BrN2O2S/c1-2-15-4-3-13-10(14)9-7(11)6-16-8(9)5-12-13/h5-6H,2-4H2,1H3. The zero-order chi connectivity index (χ0) is 11.5. The largest absolute Gasteiger partial charge is 0.380 e. The molecule has 0 unspecified atom stereocenters. The fourth-order valence-corrected chi connectivity index (χ4v) is 2.98. The van der Waals surface area contributed by atoms with Crippen LogP contribution in [-0.2, 0) is 11.3 Å². The zero-order valence-electron chi connectivity index (χ0n) is 8.77. The monoisotopic (exact) mass is 302 g/mol. The van der Waals surface area contributed by atoms with Crippen LogP contribution in [0.2, 0.25) is 0 Å². The summed E-state index contributed by atoms with van der Waals surface area (Å²) in [5.41, 5.74) is -0.0645. The molecule has 0 aromatic carbocycles. The number of hydrogen-bond donors (Lipinski definition) is 0. The van der Waals surface area contributed by atoms with Gasteiger partial charge in [-0.1, -0.05) is 0 Å². The maximum Gasteiger partial charge on any atom is 0.276 e. The van der Waals surface area contributed by atoms with Gasteiger partial charge >= 0.3 is 0 Å². The summed E-state index contributed by atoms with van der Waals surface area (Å²) in [6, 6.07) is 0. The molecule has 0 aliphatic heterocycles. The lowest BCUT2D eigenvalue weighted by atomic mass is 10.4. The molecule has 4 nitrogen and oxygen atoms in total. The van der Waals surface area contributed by atoms with E-state index in [1.54, 1.807) is 6.20 Å². The lowest BCUT2D eigenvalue weighted by Gasteiger charge is -2.04. The maximum atomic E-state index is 12.0. The molecule has 86 valence electrons. The van der Waals surface area contributed by atoms with Crippen LogP contribution in [-0.4, -0.2) is 23.0 Å². The highest BCUT2D eigenvalue weighted by atomic mass is 79.9. The van der Waals surface area contributed by atoms with E-state index < -0.39 is 0 Å². The van der Waals surface area contributed by atoms with Crippen molar-refractivity contribution in [3.05, 3.63) is 26.4 Å². The van der Waals surface area contributed by atoms with E-state index in [1.165, 1.54) is 16.0 Å². The summed E-state index contributed by atoms with van der Waals surface area (Å²) in [5.74, 6) is 0. The van der Waals surface area contributed by atoms with Crippen LogP contribution < -0.4 is 5.56 Å². The van der Waals surface area contributed by atoms with Crippen LogP contribution in [0.3, 0.4) is 0 Å². The van der Waals surface area contributed by atoms with Crippen LogP contribution in [0.5, 0.6) is 0 Å². The van der Waals surface area contributed by atoms with Gasteiger partial charge in [0.25, 0.3) is 5.56 Å². The van der Waals surface area contributed by atoms with E-state index in [0.29, 0.717) is 25.1 Å². The van der Waals surface area contributed by atoms with Crippen molar-refractivity contribution >= 4 is 37.4 Å². The molecule has 2 aromatic heterocycles. The van der Waals surface area contributed by atoms with Crippen LogP contribution in [0.1, 0.15) is 6.92 Å². The Morgan fingerprint density at radius 1 is 1.62 bits per heavy atom. The molecule has 6 heteroatoms. The summed E-state index contributed by atoms with van der Waals surface area (Å²) >= 11 is 4.88. The number of fused-ring (bicyclic) bond motifs is 1. The first-order valence-electron chi connectivity index (χ1n) is 4.94. The second-order valence-electron chi connectivity index (χ2n) is 3.19. The SMILES string of the molecule is CCOCCn1ncc2scc(Br)c2c1=O. The summed E-state index contributed by atoms with van der Waals surface area (Å²) < 4.78 is 8.39. The topological polar surface area (TPSA) is 44.1 Å². The van der Waals surface area contributed by atoms with Gasteiger partial charge in [-0.05, 0) is 22.9 Å². The number of thiophene rings is 1. The van der Waals surface area contributed by atoms with Gasteiger partial charge in [0, 0.05) is 16.5 Å². The maximum absolute atomic E-state index is 12.0. The smallest absolute Gasteiger partial charge is 0.276 e. The van der Waals surface area contributed by atoms with E-state index in [1.807, 2.05) is 12.3 Å². The predicted octanol–water partition coefficient (Wildman–Crippen LogP) is 2.26. The first-order chi connectivity index (χ1) is 7.74. The quantitative estimate of drug-likeness (QED) is 0.814. The van der Waals surface area contributed by atoms with Gasteiger partial charge < -0.3 is 4.74 Å². The van der Waals surface area contributed by atoms with Crippen molar-refractivity contribution in [1.82, 2.24) is 9.78 Å². The van der Waals surface area contributed by atoms with Gasteiger partial charge in [0.05, 0.1) is 29.4 Å². The van der Waals surface area contributed by atoms with Crippen molar-refractivity contribution in [3.8, 4) is 0 Å². The summed E-state index contributed by atoms with van der Waals surface area (Å²) in [6.07, 6.45) is 1.72. The van der Waals surface area contributed by atoms with Crippen molar-refractivity contribution in [2.24, 2.45) is 0 Å². The first-order valence-corrected chi connectivity index (χ1v) is 6.62. The average Bonchev–Trinajstić information content (AvgIpc) is 2.65. The normalized spacial score (nSPS) is 11.1. The summed E-state index contributed by atoms with van der Waals surface area (Å²) in [4.78, 5) is 12.0. The minimum absolute atomic E-state index is 0.0645. The Kier molecular flexibility index (Phi) is 3.73. The number of nitrogens with zero attached hydrogens (tertiary/aromatic N) is 2. The second kappa shape index (κ2) is 5.07. The van der Waals surface area contributed by atoms with Gasteiger partial charge in [-0.3, -0.25) is 4.79 Å². The van der Waals surface area contributed by atoms with E-state index in [9.17, 15) is 4.79 Å². The Hall–Kier alpha value is -0.720. The molecule has 0 N–H and O–H groups in total. The molecule has 0 fully saturated rings. The van der Waals surface area contributed by atoms with E-state index in [-0.39, 0.29) is 5.56 Å². The number of hydrogen-bond acceptors (Lipinski definition) is 4. The molecular weight excluding hydrogens is 292 g/mol. The number of aromatic nitrogens is 2. The molecule has 0 aliphatic carbocycles. The van der Waals surface area contributed by atoms with E-state index in [4.69, 9.17) is 4.74 Å². The molecule has 0 spiro atoms. The van der Waals surface area contributed by atoms with E-state index in [2.05, 4.69) is 21.0 Å². The van der Waals surface area contributed by atoms with Crippen LogP contribution in [0, 0.1) is 0 Å². The lowest BCUT2D eigenvalue weighted by Crippen LogP contribution is -2.24. The third kappa shape index (κ3) is 2.18. The van der Waals surface area contributed by atoms with Gasteiger partial charge in [-0.2, -0.15) is 5.10 Å². The van der Waals surface area contributed by atoms with Gasteiger partial charge in [0.2, 0.25) is 0 Å². The first kappa shape index (κ1) is 11.8. The van der Waals surface area contributed by atoms with E-state index >= 15 is 0 Å². The lowest BCUT2D eigenvalue weighted by molar-refractivity contribution is 0.135. The average molecular weight is 303 g/mol. The summed E-state index contributed by atoms with van der Waals surface area (Å²) in [7, 11) is 0. The van der Waals surface area contributed by atoms with Crippen molar-refractivity contribution < 1.29 is 4.74 Å². The number of rotatable bonds is 4. The fraction of sp³-hybridized carbons (Fsp3) is 0.400. The second-order valence-corrected chi connectivity index (χ2v) is 4.96. The van der Waals surface area contributed by atoms with Crippen molar-refractivity contribution in [2.45, 2.75) is 13.5 Å². The van der Waals surface area contributed by atoms with Crippen LogP contribution in [0.4, 0.5) is 0 Å². The molecule has 16 heavy (non-hydrogen) atoms. The van der Waals surface area contributed by atoms with Crippen molar-refractivity contribution in [1.29, 1.82) is 0 Å². The molecule has 2 rings (SSSR count). The minimum Gasteiger partial charge on any atom is -0.380 e. The van der Waals surface area contributed by atoms with Crippen molar-refractivity contribution in [2.75, 3.05) is 13.2 Å². The highest BCUT2D eigenvalue weighted by Crippen LogP contribution is 2.26. The number of halogens is 1. The highest BCUT2D eigenvalue weighted by Gasteiger charge is 2.09. The van der Waals surface area contributed by atoms with Gasteiger partial charge in [0.15, 0.2) is 0 Å². The molecule has 0 saturated heterocycles. The summed E-state index contributed by atoms with van der Waals surface area (Å²) in [5, 5.41) is 6.71. The molecule has 2 heterocycles. The minimum atomic E-state index is -0.0645. The highest BCUT2D eigenvalue weighted by molar-refractivity contribution is 9.10. The molecule has 0 atom stereocenters. The Morgan fingerprint density at radius 3 is 3.19 bits per heavy atom. The molecule has 0 aliphatic rings. The molecule has 0 amide bonds. The third-order valence-electron chi connectivity index (χ3n) is 2.19. The van der Waals surface area contributed by atoms with Crippen LogP contribution in [0.15, 0.2) is 20.8 Å². The van der Waals surface area contributed by atoms with Gasteiger partial charge in [0.1, 0.15) is 0 Å². The molecule has 0 radical (unpaired) electrons. The molecule has 0 saturated carbocycles. The molecule has 2 aromatic rings. The van der Waals surface area contributed by atoms with Crippen molar-refractivity contribution in [3.63, 3.8) is 0 Å². The van der Waals surface area contributed by atoms with Gasteiger partial charge in [-0.15, -0.1) is 11.3 Å². The Morgan fingerprint density at radius 2 is 2.44 bits per heavy atom. The molecular formula is C10H11BrN2O2S. The fourth-order valence-electron chi connectivity index (χ4n) is 1.41. The predicted molar refractivity (Wildman–Crippen MR) is 68.1 cm³/mol.